The fraction of sp³-hybridized carbons (Fsp3) is 0.250. The second-order valence-corrected chi connectivity index (χ2v) is 2.73. The molecule has 0 aliphatic rings. The number of hydrogen-bond acceptors (Lipinski definition) is 3. The normalized spacial score (nSPS) is 9.69. The van der Waals surface area contributed by atoms with Crippen LogP contribution >= 0.6 is 11.6 Å². The number of halogens is 1. The summed E-state index contributed by atoms with van der Waals surface area (Å²) in [7, 11) is 1.49. The van der Waals surface area contributed by atoms with E-state index in [2.05, 4.69) is 15.0 Å². The molecule has 1 rings (SSSR count). The van der Waals surface area contributed by atoms with Crippen molar-refractivity contribution in [3.05, 3.63) is 29.0 Å². The summed E-state index contributed by atoms with van der Waals surface area (Å²) >= 11 is 5.67. The molecule has 1 amide bonds. The zero-order valence-corrected chi connectivity index (χ0v) is 7.84. The molecule has 5 heteroatoms. The average Bonchev–Trinajstić information content (AvgIpc) is 2.14. The van der Waals surface area contributed by atoms with Gasteiger partial charge in [0.2, 0.25) is 0 Å². The molecule has 1 aromatic rings. The lowest BCUT2D eigenvalue weighted by Gasteiger charge is -2.02. The van der Waals surface area contributed by atoms with E-state index in [0.717, 1.165) is 0 Å². The van der Waals surface area contributed by atoms with Gasteiger partial charge in [-0.3, -0.25) is 9.78 Å². The molecule has 0 fully saturated rings. The van der Waals surface area contributed by atoms with Gasteiger partial charge in [0.25, 0.3) is 5.91 Å². The minimum atomic E-state index is -0.302. The summed E-state index contributed by atoms with van der Waals surface area (Å²) in [5.74, 6) is -0.302. The molecular weight excluding hydrogens is 192 g/mol. The van der Waals surface area contributed by atoms with Gasteiger partial charge in [-0.2, -0.15) is 0 Å². The molecule has 0 bridgehead atoms. The second kappa shape index (κ2) is 4.79. The molecule has 0 radical (unpaired) electrons. The number of nitrogens with one attached hydrogen (secondary N) is 1. The van der Waals surface area contributed by atoms with Crippen LogP contribution in [0.5, 0.6) is 0 Å². The number of aromatic nitrogens is 1. The molecule has 1 heterocycles. The van der Waals surface area contributed by atoms with E-state index in [1.165, 1.54) is 19.4 Å². The van der Waals surface area contributed by atoms with Gasteiger partial charge < -0.3 is 10.1 Å². The third-order valence-electron chi connectivity index (χ3n) is 1.33. The molecular formula is C8H9ClN2O2. The lowest BCUT2D eigenvalue weighted by atomic mass is 10.3. The average molecular weight is 201 g/mol. The first-order valence-corrected chi connectivity index (χ1v) is 4.00. The van der Waals surface area contributed by atoms with Crippen LogP contribution in [0.3, 0.4) is 0 Å². The van der Waals surface area contributed by atoms with Crippen LogP contribution < -0.4 is 5.32 Å². The zero-order valence-electron chi connectivity index (χ0n) is 7.08. The number of rotatable bonds is 3. The van der Waals surface area contributed by atoms with E-state index in [9.17, 15) is 4.79 Å². The van der Waals surface area contributed by atoms with Crippen LogP contribution in [0.1, 0.15) is 10.5 Å². The summed E-state index contributed by atoms with van der Waals surface area (Å²) in [4.78, 5) is 15.1. The van der Waals surface area contributed by atoms with E-state index in [0.29, 0.717) is 5.02 Å². The topological polar surface area (TPSA) is 51.2 Å². The lowest BCUT2D eigenvalue weighted by Crippen LogP contribution is -2.26. The molecule has 0 unspecified atom stereocenters. The highest BCUT2D eigenvalue weighted by molar-refractivity contribution is 6.30. The molecule has 4 nitrogen and oxygen atoms in total. The van der Waals surface area contributed by atoms with Gasteiger partial charge in [-0.05, 0) is 12.1 Å². The third kappa shape index (κ3) is 3.01. The summed E-state index contributed by atoms with van der Waals surface area (Å²) in [6.07, 6.45) is 1.48. The predicted octanol–water partition coefficient (Wildman–Crippen LogP) is 1.07. The first-order valence-electron chi connectivity index (χ1n) is 3.62. The molecule has 0 saturated carbocycles. The van der Waals surface area contributed by atoms with E-state index in [4.69, 9.17) is 11.6 Å². The Bertz CT molecular complexity index is 304. The first kappa shape index (κ1) is 9.95. The Morgan fingerprint density at radius 2 is 2.54 bits per heavy atom. The maximum atomic E-state index is 11.2. The standard InChI is InChI=1S/C8H9ClN2O2/c1-13-5-11-8(12)7-4-6(9)2-3-10-7/h2-4H,5H2,1H3,(H,11,12). The van der Waals surface area contributed by atoms with Gasteiger partial charge >= 0.3 is 0 Å². The zero-order chi connectivity index (χ0) is 9.68. The van der Waals surface area contributed by atoms with Gasteiger partial charge in [-0.1, -0.05) is 11.6 Å². The fourth-order valence-electron chi connectivity index (χ4n) is 0.757. The Kier molecular flexibility index (Phi) is 3.67. The van der Waals surface area contributed by atoms with Crippen molar-refractivity contribution in [2.24, 2.45) is 0 Å². The van der Waals surface area contributed by atoms with E-state index in [1.54, 1.807) is 6.07 Å². The Balaban J connectivity index is 2.66. The van der Waals surface area contributed by atoms with Crippen molar-refractivity contribution in [3.63, 3.8) is 0 Å². The summed E-state index contributed by atoms with van der Waals surface area (Å²) in [6.45, 7) is 0.160. The van der Waals surface area contributed by atoms with Crippen molar-refractivity contribution in [2.45, 2.75) is 0 Å². The number of pyridine rings is 1. The highest BCUT2D eigenvalue weighted by Gasteiger charge is 2.05. The Labute approximate surface area is 80.9 Å². The van der Waals surface area contributed by atoms with Crippen molar-refractivity contribution in [1.29, 1.82) is 0 Å². The van der Waals surface area contributed by atoms with Crippen LogP contribution in [-0.4, -0.2) is 24.7 Å². The van der Waals surface area contributed by atoms with E-state index in [1.807, 2.05) is 0 Å². The third-order valence-corrected chi connectivity index (χ3v) is 1.57. The summed E-state index contributed by atoms with van der Waals surface area (Å²) in [5.41, 5.74) is 0.282. The van der Waals surface area contributed by atoms with E-state index >= 15 is 0 Å². The molecule has 0 atom stereocenters. The monoisotopic (exact) mass is 200 g/mol. The summed E-state index contributed by atoms with van der Waals surface area (Å²) in [5, 5.41) is 2.98. The highest BCUT2D eigenvalue weighted by Crippen LogP contribution is 2.07. The minimum Gasteiger partial charge on any atom is -0.364 e. The van der Waals surface area contributed by atoms with Crippen molar-refractivity contribution in [3.8, 4) is 0 Å². The van der Waals surface area contributed by atoms with Gasteiger partial charge in [0.1, 0.15) is 12.4 Å². The number of amides is 1. The molecule has 1 N–H and O–H groups in total. The fourth-order valence-corrected chi connectivity index (χ4v) is 0.917. The van der Waals surface area contributed by atoms with Gasteiger partial charge in [0.15, 0.2) is 0 Å². The van der Waals surface area contributed by atoms with Crippen LogP contribution in [0.15, 0.2) is 18.3 Å². The Morgan fingerprint density at radius 3 is 3.15 bits per heavy atom. The van der Waals surface area contributed by atoms with Crippen LogP contribution in [-0.2, 0) is 4.74 Å². The maximum absolute atomic E-state index is 11.2. The van der Waals surface area contributed by atoms with Gasteiger partial charge in [0.05, 0.1) is 0 Å². The quantitative estimate of drug-likeness (QED) is 0.743. The molecule has 0 aliphatic heterocycles. The van der Waals surface area contributed by atoms with E-state index in [-0.39, 0.29) is 18.3 Å². The maximum Gasteiger partial charge on any atom is 0.271 e. The number of methoxy groups -OCH3 is 1. The van der Waals surface area contributed by atoms with Crippen molar-refractivity contribution >= 4 is 17.5 Å². The Hall–Kier alpha value is -1.13. The molecule has 0 spiro atoms. The lowest BCUT2D eigenvalue weighted by molar-refractivity contribution is 0.0867. The predicted molar refractivity (Wildman–Crippen MR) is 48.6 cm³/mol. The number of carbonyl (C=O) groups is 1. The number of nitrogens with zero attached hydrogens (tertiary/aromatic N) is 1. The van der Waals surface area contributed by atoms with Crippen molar-refractivity contribution < 1.29 is 9.53 Å². The van der Waals surface area contributed by atoms with Crippen LogP contribution in [0.25, 0.3) is 0 Å². The van der Waals surface area contributed by atoms with Crippen LogP contribution in [0.4, 0.5) is 0 Å². The highest BCUT2D eigenvalue weighted by atomic mass is 35.5. The SMILES string of the molecule is COCNC(=O)c1cc(Cl)ccn1. The molecule has 70 valence electrons. The molecule has 13 heavy (non-hydrogen) atoms. The number of hydrogen-bond donors (Lipinski definition) is 1. The van der Waals surface area contributed by atoms with Gasteiger partial charge in [-0.15, -0.1) is 0 Å². The van der Waals surface area contributed by atoms with Crippen LogP contribution in [0.2, 0.25) is 5.02 Å². The Morgan fingerprint density at radius 1 is 1.77 bits per heavy atom. The van der Waals surface area contributed by atoms with Crippen molar-refractivity contribution in [2.75, 3.05) is 13.8 Å². The molecule has 0 saturated heterocycles. The second-order valence-electron chi connectivity index (χ2n) is 2.30. The number of carbonyl (C=O) groups excluding carboxylic acids is 1. The molecule has 1 aromatic heterocycles. The summed E-state index contributed by atoms with van der Waals surface area (Å²) in [6, 6.07) is 3.10. The van der Waals surface area contributed by atoms with Gasteiger partial charge in [0, 0.05) is 18.3 Å². The van der Waals surface area contributed by atoms with Gasteiger partial charge in [-0.25, -0.2) is 0 Å². The molecule has 0 aromatic carbocycles. The largest absolute Gasteiger partial charge is 0.364 e. The summed E-state index contributed by atoms with van der Waals surface area (Å²) < 4.78 is 4.67. The molecule has 0 aliphatic carbocycles. The smallest absolute Gasteiger partial charge is 0.271 e. The minimum absolute atomic E-state index is 0.160. The van der Waals surface area contributed by atoms with Crippen LogP contribution in [0, 0.1) is 0 Å². The number of ether oxygens (including phenoxy) is 1. The first-order chi connectivity index (χ1) is 6.24. The van der Waals surface area contributed by atoms with Crippen molar-refractivity contribution in [1.82, 2.24) is 10.3 Å². The van der Waals surface area contributed by atoms with E-state index < -0.39 is 0 Å².